The molecule has 0 unspecified atom stereocenters. The lowest BCUT2D eigenvalue weighted by Gasteiger charge is -2.39. The van der Waals surface area contributed by atoms with Crippen LogP contribution in [0.4, 0.5) is 0 Å². The number of hydrogen-bond donors (Lipinski definition) is 0. The van der Waals surface area contributed by atoms with Crippen LogP contribution < -0.4 is 4.74 Å². The Hall–Kier alpha value is -2.88. The molecule has 0 atom stereocenters. The summed E-state index contributed by atoms with van der Waals surface area (Å²) < 4.78 is 5.99. The number of amides is 1. The Morgan fingerprint density at radius 3 is 2.59 bits per heavy atom. The Morgan fingerprint density at radius 2 is 1.85 bits per heavy atom. The minimum absolute atomic E-state index is 0.0919. The van der Waals surface area contributed by atoms with Crippen molar-refractivity contribution in [3.05, 3.63) is 60.8 Å². The maximum Gasteiger partial charge on any atom is 0.223 e. The Bertz CT molecular complexity index is 944. The zero-order chi connectivity index (χ0) is 18.8. The van der Waals surface area contributed by atoms with Gasteiger partial charge in [-0.15, -0.1) is 0 Å². The molecule has 1 saturated heterocycles. The van der Waals surface area contributed by atoms with Crippen LogP contribution in [-0.4, -0.2) is 35.0 Å². The second-order valence-corrected chi connectivity index (χ2v) is 7.58. The molecule has 1 fully saturated rings. The summed E-state index contributed by atoms with van der Waals surface area (Å²) in [6.07, 6.45) is 2.61. The van der Waals surface area contributed by atoms with E-state index in [2.05, 4.69) is 43.1 Å². The van der Waals surface area contributed by atoms with E-state index in [4.69, 9.17) is 4.74 Å². The molecule has 0 spiro atoms. The Morgan fingerprint density at radius 1 is 1.11 bits per heavy atom. The number of fused-ring (bicyclic) bond motifs is 1. The van der Waals surface area contributed by atoms with Crippen LogP contribution >= 0.6 is 0 Å². The van der Waals surface area contributed by atoms with Gasteiger partial charge in [0.1, 0.15) is 11.9 Å². The van der Waals surface area contributed by atoms with Crippen molar-refractivity contribution in [1.82, 2.24) is 9.88 Å². The van der Waals surface area contributed by atoms with E-state index in [1.54, 1.807) is 0 Å². The zero-order valence-electron chi connectivity index (χ0n) is 15.8. The van der Waals surface area contributed by atoms with Gasteiger partial charge in [-0.3, -0.25) is 9.78 Å². The molecule has 0 bridgehead atoms. The molecule has 4 nitrogen and oxygen atoms in total. The van der Waals surface area contributed by atoms with Gasteiger partial charge in [0.25, 0.3) is 0 Å². The van der Waals surface area contributed by atoms with Crippen molar-refractivity contribution in [3.8, 4) is 16.9 Å². The lowest BCUT2D eigenvalue weighted by molar-refractivity contribution is -0.140. The smallest absolute Gasteiger partial charge is 0.223 e. The number of carbonyl (C=O) groups excluding carboxylic acids is 1. The number of aromatic nitrogens is 1. The largest absolute Gasteiger partial charge is 0.487 e. The molecule has 4 heteroatoms. The third kappa shape index (κ3) is 3.95. The van der Waals surface area contributed by atoms with Crippen LogP contribution in [0.15, 0.2) is 60.8 Å². The first kappa shape index (κ1) is 17.5. The van der Waals surface area contributed by atoms with E-state index in [1.165, 1.54) is 0 Å². The van der Waals surface area contributed by atoms with Crippen LogP contribution in [-0.2, 0) is 4.79 Å². The van der Waals surface area contributed by atoms with Gasteiger partial charge in [0, 0.05) is 23.6 Å². The number of pyridine rings is 1. The number of ether oxygens (including phenoxy) is 1. The first-order chi connectivity index (χ1) is 13.1. The Kier molecular flexibility index (Phi) is 4.80. The van der Waals surface area contributed by atoms with Crippen LogP contribution in [0.5, 0.6) is 5.75 Å². The second-order valence-electron chi connectivity index (χ2n) is 7.58. The van der Waals surface area contributed by atoms with Crippen LogP contribution in [0.3, 0.4) is 0 Å². The first-order valence-electron chi connectivity index (χ1n) is 9.48. The van der Waals surface area contributed by atoms with E-state index < -0.39 is 0 Å². The molecule has 0 N–H and O–H groups in total. The highest BCUT2D eigenvalue weighted by Crippen LogP contribution is 2.26. The Balaban J connectivity index is 1.37. The molecule has 138 valence electrons. The summed E-state index contributed by atoms with van der Waals surface area (Å²) in [7, 11) is 0. The molecular formula is C23H24N2O2. The van der Waals surface area contributed by atoms with E-state index in [1.807, 2.05) is 41.4 Å². The van der Waals surface area contributed by atoms with Crippen molar-refractivity contribution in [2.45, 2.75) is 26.4 Å². The van der Waals surface area contributed by atoms with Crippen LogP contribution in [0.25, 0.3) is 22.0 Å². The van der Waals surface area contributed by atoms with Crippen molar-refractivity contribution < 1.29 is 9.53 Å². The number of carbonyl (C=O) groups is 1. The molecule has 0 radical (unpaired) electrons. The van der Waals surface area contributed by atoms with Gasteiger partial charge in [0.2, 0.25) is 5.91 Å². The average molecular weight is 360 g/mol. The third-order valence-electron chi connectivity index (χ3n) is 4.86. The maximum atomic E-state index is 12.0. The first-order valence-corrected chi connectivity index (χ1v) is 9.48. The third-order valence-corrected chi connectivity index (χ3v) is 4.86. The van der Waals surface area contributed by atoms with Crippen molar-refractivity contribution in [2.75, 3.05) is 13.1 Å². The molecule has 1 amide bonds. The summed E-state index contributed by atoms with van der Waals surface area (Å²) in [5.74, 6) is 1.46. The van der Waals surface area contributed by atoms with Crippen LogP contribution in [0, 0.1) is 5.92 Å². The van der Waals surface area contributed by atoms with Gasteiger partial charge in [-0.25, -0.2) is 0 Å². The van der Waals surface area contributed by atoms with Gasteiger partial charge in [0.05, 0.1) is 18.6 Å². The summed E-state index contributed by atoms with van der Waals surface area (Å²) in [4.78, 5) is 18.4. The average Bonchev–Trinajstić information content (AvgIpc) is 2.64. The molecule has 4 rings (SSSR count). The van der Waals surface area contributed by atoms with E-state index in [0.717, 1.165) is 27.8 Å². The fourth-order valence-electron chi connectivity index (χ4n) is 3.34. The standard InChI is InChI=1S/C23H24N2O2/c1-16(2)11-23(26)25-14-21(15-25)27-20-9-7-17(8-10-20)19-12-18-5-3-4-6-22(18)24-13-19/h3-10,12-13,16,21H,11,14-15H2,1-2H3. The molecule has 1 aliphatic heterocycles. The van der Waals surface area contributed by atoms with E-state index >= 15 is 0 Å². The number of likely N-dealkylation sites (tertiary alicyclic amines) is 1. The number of hydrogen-bond acceptors (Lipinski definition) is 3. The SMILES string of the molecule is CC(C)CC(=O)N1CC(Oc2ccc(-c3cnc4ccccc4c3)cc2)C1. The number of nitrogens with zero attached hydrogens (tertiary/aromatic N) is 2. The van der Waals surface area contributed by atoms with E-state index in [9.17, 15) is 4.79 Å². The van der Waals surface area contributed by atoms with Crippen molar-refractivity contribution >= 4 is 16.8 Å². The summed E-state index contributed by atoms with van der Waals surface area (Å²) in [5.41, 5.74) is 3.21. The summed E-state index contributed by atoms with van der Waals surface area (Å²) in [6.45, 7) is 5.50. The maximum absolute atomic E-state index is 12.0. The van der Waals surface area contributed by atoms with E-state index in [-0.39, 0.29) is 12.0 Å². The van der Waals surface area contributed by atoms with Gasteiger partial charge in [-0.05, 0) is 35.7 Å². The normalized spacial score (nSPS) is 14.4. The van der Waals surface area contributed by atoms with Gasteiger partial charge in [-0.1, -0.05) is 44.2 Å². The lowest BCUT2D eigenvalue weighted by Crippen LogP contribution is -2.56. The van der Waals surface area contributed by atoms with Gasteiger partial charge < -0.3 is 9.64 Å². The Labute approximate surface area is 159 Å². The highest BCUT2D eigenvalue weighted by molar-refractivity contribution is 5.83. The highest BCUT2D eigenvalue weighted by atomic mass is 16.5. The number of para-hydroxylation sites is 1. The predicted octanol–water partition coefficient (Wildman–Crippen LogP) is 4.54. The fourth-order valence-corrected chi connectivity index (χ4v) is 3.34. The van der Waals surface area contributed by atoms with Crippen molar-refractivity contribution in [2.24, 2.45) is 5.92 Å². The van der Waals surface area contributed by atoms with Crippen LogP contribution in [0.2, 0.25) is 0 Å². The second kappa shape index (κ2) is 7.39. The molecule has 2 heterocycles. The molecule has 27 heavy (non-hydrogen) atoms. The molecule has 0 saturated carbocycles. The molecule has 1 aliphatic rings. The zero-order valence-corrected chi connectivity index (χ0v) is 15.8. The molecule has 1 aromatic heterocycles. The van der Waals surface area contributed by atoms with Crippen molar-refractivity contribution in [1.29, 1.82) is 0 Å². The molecule has 2 aromatic carbocycles. The topological polar surface area (TPSA) is 42.4 Å². The number of rotatable bonds is 5. The highest BCUT2D eigenvalue weighted by Gasteiger charge is 2.32. The lowest BCUT2D eigenvalue weighted by atomic mass is 10.0. The number of benzene rings is 2. The quantitative estimate of drug-likeness (QED) is 0.671. The summed E-state index contributed by atoms with van der Waals surface area (Å²) in [6, 6.07) is 18.4. The molecular weight excluding hydrogens is 336 g/mol. The monoisotopic (exact) mass is 360 g/mol. The molecule has 3 aromatic rings. The van der Waals surface area contributed by atoms with E-state index in [0.29, 0.717) is 25.4 Å². The molecule has 0 aliphatic carbocycles. The fraction of sp³-hybridized carbons (Fsp3) is 0.304. The minimum atomic E-state index is 0.0919. The predicted molar refractivity (Wildman–Crippen MR) is 108 cm³/mol. The summed E-state index contributed by atoms with van der Waals surface area (Å²) >= 11 is 0. The van der Waals surface area contributed by atoms with Crippen molar-refractivity contribution in [3.63, 3.8) is 0 Å². The van der Waals surface area contributed by atoms with Gasteiger partial charge >= 0.3 is 0 Å². The minimum Gasteiger partial charge on any atom is -0.487 e. The summed E-state index contributed by atoms with van der Waals surface area (Å²) in [5, 5.41) is 1.14. The van der Waals surface area contributed by atoms with Gasteiger partial charge in [-0.2, -0.15) is 0 Å². The van der Waals surface area contributed by atoms with Gasteiger partial charge in [0.15, 0.2) is 0 Å². The van der Waals surface area contributed by atoms with Crippen LogP contribution in [0.1, 0.15) is 20.3 Å².